The Morgan fingerprint density at radius 3 is 2.00 bits per heavy atom. The molecule has 2 fully saturated rings. The monoisotopic (exact) mass is 142 g/mol. The van der Waals surface area contributed by atoms with Crippen molar-refractivity contribution in [3.05, 3.63) is 0 Å². The quantitative estimate of drug-likeness (QED) is 0.464. The molecule has 58 valence electrons. The van der Waals surface area contributed by atoms with Crippen LogP contribution in [0.4, 0.5) is 0 Å². The van der Waals surface area contributed by atoms with E-state index in [9.17, 15) is 0 Å². The topological polar surface area (TPSA) is 33.3 Å². The van der Waals surface area contributed by atoms with Crippen LogP contribution in [0.2, 0.25) is 0 Å². The highest BCUT2D eigenvalue weighted by atomic mass is 16.5. The second-order valence-corrected chi connectivity index (χ2v) is 3.35. The Balaban J connectivity index is 1.92. The van der Waals surface area contributed by atoms with Crippen LogP contribution >= 0.6 is 0 Å². The second-order valence-electron chi connectivity index (χ2n) is 3.35. The third-order valence-corrected chi connectivity index (χ3v) is 2.30. The summed E-state index contributed by atoms with van der Waals surface area (Å²) in [7, 11) is 0. The van der Waals surface area contributed by atoms with Crippen LogP contribution in [0.1, 0.15) is 0 Å². The number of hydrogen-bond acceptors (Lipinski definition) is 3. The molecule has 0 atom stereocenters. The molecule has 0 aromatic carbocycles. The lowest BCUT2D eigenvalue weighted by Gasteiger charge is -2.40. The van der Waals surface area contributed by atoms with Crippen molar-refractivity contribution in [2.24, 2.45) is 5.41 Å². The van der Waals surface area contributed by atoms with E-state index >= 15 is 0 Å². The SMILES string of the molecule is C1CNCC2(CN1)COC2. The molecule has 2 heterocycles. The predicted molar refractivity (Wildman–Crippen MR) is 39.0 cm³/mol. The van der Waals surface area contributed by atoms with Gasteiger partial charge in [-0.1, -0.05) is 0 Å². The number of rotatable bonds is 0. The van der Waals surface area contributed by atoms with Crippen molar-refractivity contribution in [2.45, 2.75) is 0 Å². The van der Waals surface area contributed by atoms with E-state index in [1.807, 2.05) is 0 Å². The van der Waals surface area contributed by atoms with Crippen LogP contribution in [0.15, 0.2) is 0 Å². The van der Waals surface area contributed by atoms with Crippen molar-refractivity contribution in [1.82, 2.24) is 10.6 Å². The highest BCUT2D eigenvalue weighted by molar-refractivity contribution is 4.91. The lowest BCUT2D eigenvalue weighted by molar-refractivity contribution is -0.105. The Labute approximate surface area is 61.1 Å². The van der Waals surface area contributed by atoms with Crippen molar-refractivity contribution >= 4 is 0 Å². The van der Waals surface area contributed by atoms with E-state index in [1.54, 1.807) is 0 Å². The normalized spacial score (nSPS) is 31.2. The molecule has 2 aliphatic heterocycles. The molecule has 0 bridgehead atoms. The Hall–Kier alpha value is -0.120. The first-order chi connectivity index (χ1) is 4.91. The molecule has 0 radical (unpaired) electrons. The van der Waals surface area contributed by atoms with E-state index in [4.69, 9.17) is 4.74 Å². The van der Waals surface area contributed by atoms with Crippen LogP contribution < -0.4 is 10.6 Å². The number of ether oxygens (including phenoxy) is 1. The molecule has 0 aromatic heterocycles. The van der Waals surface area contributed by atoms with Crippen LogP contribution in [0.5, 0.6) is 0 Å². The molecule has 2 rings (SSSR count). The van der Waals surface area contributed by atoms with Crippen molar-refractivity contribution < 1.29 is 4.74 Å². The van der Waals surface area contributed by atoms with E-state index < -0.39 is 0 Å². The maximum absolute atomic E-state index is 5.19. The van der Waals surface area contributed by atoms with Gasteiger partial charge in [0.2, 0.25) is 0 Å². The Bertz CT molecular complexity index is 113. The van der Waals surface area contributed by atoms with E-state index in [2.05, 4.69) is 10.6 Å². The van der Waals surface area contributed by atoms with Crippen molar-refractivity contribution in [2.75, 3.05) is 39.4 Å². The molecule has 0 aromatic rings. The summed E-state index contributed by atoms with van der Waals surface area (Å²) in [6.45, 7) is 6.32. The Morgan fingerprint density at radius 1 is 1.00 bits per heavy atom. The molecule has 3 nitrogen and oxygen atoms in total. The molecule has 1 spiro atoms. The van der Waals surface area contributed by atoms with Gasteiger partial charge in [0, 0.05) is 31.6 Å². The minimum atomic E-state index is 0.441. The summed E-state index contributed by atoms with van der Waals surface area (Å²) in [5.74, 6) is 0. The zero-order valence-corrected chi connectivity index (χ0v) is 6.15. The van der Waals surface area contributed by atoms with E-state index in [0.29, 0.717) is 5.41 Å². The van der Waals surface area contributed by atoms with E-state index in [0.717, 1.165) is 39.4 Å². The van der Waals surface area contributed by atoms with Crippen molar-refractivity contribution in [3.63, 3.8) is 0 Å². The third-order valence-electron chi connectivity index (χ3n) is 2.30. The lowest BCUT2D eigenvalue weighted by Crippen LogP contribution is -2.53. The van der Waals surface area contributed by atoms with Gasteiger partial charge < -0.3 is 15.4 Å². The highest BCUT2D eigenvalue weighted by Crippen LogP contribution is 2.25. The van der Waals surface area contributed by atoms with Crippen LogP contribution in [0, 0.1) is 5.41 Å². The van der Waals surface area contributed by atoms with Gasteiger partial charge in [-0.15, -0.1) is 0 Å². The first kappa shape index (κ1) is 6.58. The molecule has 2 saturated heterocycles. The Morgan fingerprint density at radius 2 is 1.60 bits per heavy atom. The largest absolute Gasteiger partial charge is 0.380 e. The maximum atomic E-state index is 5.19. The molecule has 0 unspecified atom stereocenters. The summed E-state index contributed by atoms with van der Waals surface area (Å²) in [6, 6.07) is 0. The van der Waals surface area contributed by atoms with Crippen LogP contribution in [0.3, 0.4) is 0 Å². The van der Waals surface area contributed by atoms with Gasteiger partial charge in [-0.2, -0.15) is 0 Å². The summed E-state index contributed by atoms with van der Waals surface area (Å²) in [6.07, 6.45) is 0. The average molecular weight is 142 g/mol. The molecular weight excluding hydrogens is 128 g/mol. The average Bonchev–Trinajstić information content (AvgIpc) is 2.08. The molecule has 0 saturated carbocycles. The highest BCUT2D eigenvalue weighted by Gasteiger charge is 2.38. The molecule has 0 amide bonds. The molecule has 10 heavy (non-hydrogen) atoms. The van der Waals surface area contributed by atoms with Gasteiger partial charge in [-0.25, -0.2) is 0 Å². The maximum Gasteiger partial charge on any atom is 0.0569 e. The molecule has 3 heteroatoms. The fourth-order valence-electron chi connectivity index (χ4n) is 1.54. The predicted octanol–water partition coefficient (Wildman–Crippen LogP) is -0.804. The summed E-state index contributed by atoms with van der Waals surface area (Å²) in [4.78, 5) is 0. The van der Waals surface area contributed by atoms with Gasteiger partial charge in [-0.05, 0) is 0 Å². The Kier molecular flexibility index (Phi) is 1.64. The second kappa shape index (κ2) is 2.49. The fourth-order valence-corrected chi connectivity index (χ4v) is 1.54. The standard InChI is InChI=1S/C7H14N2O/c1-2-9-4-7(3-8-1)5-10-6-7/h8-9H,1-6H2. The fraction of sp³-hybridized carbons (Fsp3) is 1.00. The number of hydrogen-bond donors (Lipinski definition) is 2. The van der Waals surface area contributed by atoms with Crippen LogP contribution in [0.25, 0.3) is 0 Å². The van der Waals surface area contributed by atoms with Gasteiger partial charge in [0.25, 0.3) is 0 Å². The lowest BCUT2D eigenvalue weighted by atomic mass is 9.86. The van der Waals surface area contributed by atoms with Crippen molar-refractivity contribution in [1.29, 1.82) is 0 Å². The zero-order chi connectivity index (χ0) is 6.86. The first-order valence-electron chi connectivity index (χ1n) is 3.91. The van der Waals surface area contributed by atoms with E-state index in [-0.39, 0.29) is 0 Å². The van der Waals surface area contributed by atoms with E-state index in [1.165, 1.54) is 0 Å². The first-order valence-corrected chi connectivity index (χ1v) is 3.91. The molecule has 0 aliphatic carbocycles. The zero-order valence-electron chi connectivity index (χ0n) is 6.15. The van der Waals surface area contributed by atoms with Crippen LogP contribution in [-0.4, -0.2) is 39.4 Å². The van der Waals surface area contributed by atoms with Crippen molar-refractivity contribution in [3.8, 4) is 0 Å². The summed E-state index contributed by atoms with van der Waals surface area (Å²) in [5, 5.41) is 6.80. The third kappa shape index (κ3) is 1.05. The minimum absolute atomic E-state index is 0.441. The minimum Gasteiger partial charge on any atom is -0.380 e. The summed E-state index contributed by atoms with van der Waals surface area (Å²) >= 11 is 0. The summed E-state index contributed by atoms with van der Waals surface area (Å²) in [5.41, 5.74) is 0.441. The van der Waals surface area contributed by atoms with Gasteiger partial charge >= 0.3 is 0 Å². The smallest absolute Gasteiger partial charge is 0.0569 e. The molecule has 2 aliphatic rings. The van der Waals surface area contributed by atoms with Crippen LogP contribution in [-0.2, 0) is 4.74 Å². The van der Waals surface area contributed by atoms with Gasteiger partial charge in [0.1, 0.15) is 0 Å². The number of nitrogens with one attached hydrogen (secondary N) is 2. The van der Waals surface area contributed by atoms with Gasteiger partial charge in [0.05, 0.1) is 13.2 Å². The molecule has 2 N–H and O–H groups in total. The summed E-state index contributed by atoms with van der Waals surface area (Å²) < 4.78 is 5.19. The van der Waals surface area contributed by atoms with Gasteiger partial charge in [0.15, 0.2) is 0 Å². The molecular formula is C7H14N2O. The van der Waals surface area contributed by atoms with Gasteiger partial charge in [-0.3, -0.25) is 0 Å².